The van der Waals surface area contributed by atoms with E-state index in [2.05, 4.69) is 10.6 Å². The number of benzene rings is 1. The van der Waals surface area contributed by atoms with Gasteiger partial charge in [-0.1, -0.05) is 19.3 Å². The molecule has 0 saturated heterocycles. The Morgan fingerprint density at radius 1 is 1.09 bits per heavy atom. The number of halogens is 3. The molecule has 0 aromatic heterocycles. The third-order valence-corrected chi connectivity index (χ3v) is 4.07. The number of nitrogens with one attached hydrogen (secondary N) is 2. The van der Waals surface area contributed by atoms with Gasteiger partial charge in [-0.3, -0.25) is 9.59 Å². The molecule has 0 aliphatic heterocycles. The first-order valence-corrected chi connectivity index (χ1v) is 7.54. The predicted molar refractivity (Wildman–Crippen MR) is 78.3 cm³/mol. The summed E-state index contributed by atoms with van der Waals surface area (Å²) in [6, 6.07) is 0.921. The highest BCUT2D eigenvalue weighted by Crippen LogP contribution is 2.28. The SMILES string of the molecule is CC(=O)NC1(CNC(=O)c2c(F)cc(F)cc2F)CCCCC1. The molecule has 1 aliphatic rings. The molecule has 4 nitrogen and oxygen atoms in total. The van der Waals surface area contributed by atoms with Gasteiger partial charge in [0.2, 0.25) is 5.91 Å². The highest BCUT2D eigenvalue weighted by atomic mass is 19.1. The highest BCUT2D eigenvalue weighted by Gasteiger charge is 2.33. The minimum Gasteiger partial charge on any atom is -0.350 e. The molecule has 1 aromatic carbocycles. The Morgan fingerprint density at radius 3 is 2.17 bits per heavy atom. The Labute approximate surface area is 132 Å². The van der Waals surface area contributed by atoms with Gasteiger partial charge in [0.15, 0.2) is 0 Å². The van der Waals surface area contributed by atoms with Gasteiger partial charge in [0.1, 0.15) is 23.0 Å². The van der Waals surface area contributed by atoms with Crippen LogP contribution in [0.25, 0.3) is 0 Å². The van der Waals surface area contributed by atoms with Crippen LogP contribution in [-0.2, 0) is 4.79 Å². The number of hydrogen-bond acceptors (Lipinski definition) is 2. The predicted octanol–water partition coefficient (Wildman–Crippen LogP) is 2.67. The zero-order valence-electron chi connectivity index (χ0n) is 12.8. The Morgan fingerprint density at radius 2 is 1.65 bits per heavy atom. The first-order chi connectivity index (χ1) is 10.8. The number of carbonyl (C=O) groups is 2. The molecule has 2 N–H and O–H groups in total. The van der Waals surface area contributed by atoms with Crippen molar-refractivity contribution in [3.05, 3.63) is 35.1 Å². The second-order valence-corrected chi connectivity index (χ2v) is 5.95. The Bertz CT molecular complexity index is 590. The van der Waals surface area contributed by atoms with E-state index < -0.39 is 34.5 Å². The van der Waals surface area contributed by atoms with E-state index in [0.29, 0.717) is 25.0 Å². The Hall–Kier alpha value is -2.05. The summed E-state index contributed by atoms with van der Waals surface area (Å²) in [6.45, 7) is 1.46. The minimum absolute atomic E-state index is 0.0711. The molecule has 0 spiro atoms. The number of rotatable bonds is 4. The zero-order chi connectivity index (χ0) is 17.0. The van der Waals surface area contributed by atoms with Crippen molar-refractivity contribution < 1.29 is 22.8 Å². The summed E-state index contributed by atoms with van der Waals surface area (Å²) >= 11 is 0. The lowest BCUT2D eigenvalue weighted by molar-refractivity contribution is -0.121. The molecule has 0 bridgehead atoms. The quantitative estimate of drug-likeness (QED) is 0.893. The van der Waals surface area contributed by atoms with Gasteiger partial charge in [-0.05, 0) is 12.8 Å². The number of amides is 2. The van der Waals surface area contributed by atoms with Crippen molar-refractivity contribution >= 4 is 11.8 Å². The first-order valence-electron chi connectivity index (χ1n) is 7.54. The molecule has 1 saturated carbocycles. The van der Waals surface area contributed by atoms with Crippen molar-refractivity contribution in [2.75, 3.05) is 6.54 Å². The van der Waals surface area contributed by atoms with Crippen LogP contribution >= 0.6 is 0 Å². The fourth-order valence-electron chi connectivity index (χ4n) is 3.04. The minimum atomic E-state index is -1.25. The second kappa shape index (κ2) is 7.02. The smallest absolute Gasteiger partial charge is 0.257 e. The molecule has 0 atom stereocenters. The summed E-state index contributed by atoms with van der Waals surface area (Å²) in [6.07, 6.45) is 4.20. The van der Waals surface area contributed by atoms with Gasteiger partial charge in [-0.15, -0.1) is 0 Å². The lowest BCUT2D eigenvalue weighted by Gasteiger charge is -2.38. The fraction of sp³-hybridized carbons (Fsp3) is 0.500. The van der Waals surface area contributed by atoms with Crippen molar-refractivity contribution in [1.82, 2.24) is 10.6 Å². The molecule has 0 radical (unpaired) electrons. The Kier molecular flexibility index (Phi) is 5.28. The van der Waals surface area contributed by atoms with Crippen molar-refractivity contribution in [1.29, 1.82) is 0 Å². The van der Waals surface area contributed by atoms with E-state index in [9.17, 15) is 22.8 Å². The molecule has 23 heavy (non-hydrogen) atoms. The second-order valence-electron chi connectivity index (χ2n) is 5.95. The van der Waals surface area contributed by atoms with Gasteiger partial charge in [0.05, 0.1) is 5.54 Å². The van der Waals surface area contributed by atoms with E-state index >= 15 is 0 Å². The van der Waals surface area contributed by atoms with Crippen LogP contribution in [0.5, 0.6) is 0 Å². The molecule has 1 aliphatic carbocycles. The van der Waals surface area contributed by atoms with E-state index in [4.69, 9.17) is 0 Å². The van der Waals surface area contributed by atoms with Crippen LogP contribution < -0.4 is 10.6 Å². The third kappa shape index (κ3) is 4.24. The highest BCUT2D eigenvalue weighted by molar-refractivity contribution is 5.94. The molecule has 2 rings (SSSR count). The van der Waals surface area contributed by atoms with Gasteiger partial charge in [0, 0.05) is 25.6 Å². The number of carbonyl (C=O) groups excluding carboxylic acids is 2. The fourth-order valence-corrected chi connectivity index (χ4v) is 3.04. The maximum atomic E-state index is 13.6. The lowest BCUT2D eigenvalue weighted by atomic mass is 9.81. The molecule has 2 amide bonds. The zero-order valence-corrected chi connectivity index (χ0v) is 12.8. The summed E-state index contributed by atoms with van der Waals surface area (Å²) in [7, 11) is 0. The van der Waals surface area contributed by atoms with Crippen LogP contribution in [0.15, 0.2) is 12.1 Å². The van der Waals surface area contributed by atoms with Crippen LogP contribution in [0.2, 0.25) is 0 Å². The van der Waals surface area contributed by atoms with Crippen molar-refractivity contribution in [2.24, 2.45) is 0 Å². The first kappa shape index (κ1) is 17.3. The van der Waals surface area contributed by atoms with Crippen molar-refractivity contribution in [3.8, 4) is 0 Å². The lowest BCUT2D eigenvalue weighted by Crippen LogP contribution is -2.56. The summed E-state index contributed by atoms with van der Waals surface area (Å²) in [5, 5.41) is 5.30. The summed E-state index contributed by atoms with van der Waals surface area (Å²) in [5.74, 6) is -4.77. The normalized spacial score (nSPS) is 16.7. The average molecular weight is 328 g/mol. The molecule has 1 aromatic rings. The van der Waals surface area contributed by atoms with Gasteiger partial charge < -0.3 is 10.6 Å². The van der Waals surface area contributed by atoms with Crippen LogP contribution in [0.3, 0.4) is 0 Å². The third-order valence-electron chi connectivity index (χ3n) is 4.07. The summed E-state index contributed by atoms with van der Waals surface area (Å²) in [4.78, 5) is 23.4. The van der Waals surface area contributed by atoms with E-state index in [-0.39, 0.29) is 12.5 Å². The molecule has 0 unspecified atom stereocenters. The monoisotopic (exact) mass is 328 g/mol. The molecule has 7 heteroatoms. The van der Waals surface area contributed by atoms with Crippen LogP contribution in [0, 0.1) is 17.5 Å². The van der Waals surface area contributed by atoms with E-state index in [1.165, 1.54) is 6.92 Å². The number of hydrogen-bond donors (Lipinski definition) is 2. The molecule has 126 valence electrons. The molecule has 0 heterocycles. The molecule has 1 fully saturated rings. The van der Waals surface area contributed by atoms with E-state index in [1.54, 1.807) is 0 Å². The summed E-state index contributed by atoms with van der Waals surface area (Å²) in [5.41, 5.74) is -1.42. The van der Waals surface area contributed by atoms with E-state index in [1.807, 2.05) is 0 Å². The van der Waals surface area contributed by atoms with Crippen LogP contribution in [-0.4, -0.2) is 23.9 Å². The van der Waals surface area contributed by atoms with Crippen LogP contribution in [0.4, 0.5) is 13.2 Å². The molecular formula is C16H19F3N2O2. The standard InChI is InChI=1S/C16H19F3N2O2/c1-10(22)21-16(5-3-2-4-6-16)9-20-15(23)14-12(18)7-11(17)8-13(14)19/h7-8H,2-6,9H2,1H3,(H,20,23)(H,21,22). The van der Waals surface area contributed by atoms with Crippen molar-refractivity contribution in [3.63, 3.8) is 0 Å². The summed E-state index contributed by atoms with van der Waals surface area (Å²) < 4.78 is 40.1. The average Bonchev–Trinajstić information content (AvgIpc) is 2.44. The molecular weight excluding hydrogens is 309 g/mol. The Balaban J connectivity index is 2.11. The maximum Gasteiger partial charge on any atom is 0.257 e. The van der Waals surface area contributed by atoms with Gasteiger partial charge in [-0.2, -0.15) is 0 Å². The largest absolute Gasteiger partial charge is 0.350 e. The van der Waals surface area contributed by atoms with Gasteiger partial charge in [-0.25, -0.2) is 13.2 Å². The van der Waals surface area contributed by atoms with Gasteiger partial charge >= 0.3 is 0 Å². The topological polar surface area (TPSA) is 58.2 Å². The maximum absolute atomic E-state index is 13.6. The van der Waals surface area contributed by atoms with Crippen molar-refractivity contribution in [2.45, 2.75) is 44.6 Å². The van der Waals surface area contributed by atoms with Gasteiger partial charge in [0.25, 0.3) is 5.91 Å². The van der Waals surface area contributed by atoms with Crippen LogP contribution in [0.1, 0.15) is 49.4 Å². The van der Waals surface area contributed by atoms with E-state index in [0.717, 1.165) is 19.3 Å².